The minimum Gasteiger partial charge on any atom is -0.385 e. The third kappa shape index (κ3) is 2.23. The van der Waals surface area contributed by atoms with Crippen LogP contribution in [0.15, 0.2) is 24.3 Å². The molecule has 0 spiro atoms. The lowest BCUT2D eigenvalue weighted by Crippen LogP contribution is -2.27. The van der Waals surface area contributed by atoms with Crippen LogP contribution >= 0.6 is 11.6 Å². The van der Waals surface area contributed by atoms with Gasteiger partial charge in [0.2, 0.25) is 0 Å². The number of hydrogen-bond donors (Lipinski definition) is 1. The fourth-order valence-electron chi connectivity index (χ4n) is 1.14. The third-order valence-electron chi connectivity index (χ3n) is 2.53. The highest BCUT2D eigenvalue weighted by Gasteiger charge is 2.26. The molecule has 1 aromatic rings. The molecule has 0 aromatic heterocycles. The van der Waals surface area contributed by atoms with Gasteiger partial charge in [-0.25, -0.2) is 0 Å². The van der Waals surface area contributed by atoms with Gasteiger partial charge in [-0.2, -0.15) is 0 Å². The zero-order valence-corrected chi connectivity index (χ0v) is 8.97. The maximum absolute atomic E-state index is 10.1. The molecule has 0 saturated heterocycles. The van der Waals surface area contributed by atoms with Crippen LogP contribution in [0.25, 0.3) is 0 Å². The van der Waals surface area contributed by atoms with E-state index < -0.39 is 5.60 Å². The van der Waals surface area contributed by atoms with E-state index in [0.717, 1.165) is 5.56 Å². The number of halogens is 1. The van der Waals surface area contributed by atoms with Crippen molar-refractivity contribution in [2.24, 2.45) is 5.92 Å². The SMILES string of the molecule is CC(C)C(C)(O)c1cccc(Cl)c1. The average molecular weight is 199 g/mol. The molecule has 1 rings (SSSR count). The van der Waals surface area contributed by atoms with E-state index in [1.54, 1.807) is 0 Å². The van der Waals surface area contributed by atoms with Crippen LogP contribution in [0.2, 0.25) is 5.02 Å². The van der Waals surface area contributed by atoms with Crippen LogP contribution in [-0.4, -0.2) is 5.11 Å². The van der Waals surface area contributed by atoms with Crippen LogP contribution in [0.3, 0.4) is 0 Å². The maximum atomic E-state index is 10.1. The van der Waals surface area contributed by atoms with E-state index in [1.807, 2.05) is 45.0 Å². The molecule has 0 amide bonds. The molecule has 0 aliphatic heterocycles. The van der Waals surface area contributed by atoms with Crippen molar-refractivity contribution >= 4 is 11.6 Å². The van der Waals surface area contributed by atoms with E-state index in [4.69, 9.17) is 11.6 Å². The smallest absolute Gasteiger partial charge is 0.0891 e. The second-order valence-corrected chi connectivity index (χ2v) is 4.25. The van der Waals surface area contributed by atoms with Crippen LogP contribution in [0.1, 0.15) is 26.3 Å². The second-order valence-electron chi connectivity index (χ2n) is 3.81. The summed E-state index contributed by atoms with van der Waals surface area (Å²) in [5, 5.41) is 10.8. The molecule has 1 unspecified atom stereocenters. The summed E-state index contributed by atoms with van der Waals surface area (Å²) in [5.41, 5.74) is 0.0697. The number of aliphatic hydroxyl groups is 1. The van der Waals surface area contributed by atoms with Crippen molar-refractivity contribution in [3.05, 3.63) is 34.9 Å². The zero-order valence-electron chi connectivity index (χ0n) is 8.21. The highest BCUT2D eigenvalue weighted by Crippen LogP contribution is 2.29. The Hall–Kier alpha value is -0.530. The first-order valence-electron chi connectivity index (χ1n) is 4.43. The Balaban J connectivity index is 3.07. The molecule has 1 N–H and O–H groups in total. The van der Waals surface area contributed by atoms with E-state index in [9.17, 15) is 5.11 Å². The first-order valence-corrected chi connectivity index (χ1v) is 4.81. The third-order valence-corrected chi connectivity index (χ3v) is 2.77. The molecule has 13 heavy (non-hydrogen) atoms. The van der Waals surface area contributed by atoms with Crippen molar-refractivity contribution in [1.29, 1.82) is 0 Å². The van der Waals surface area contributed by atoms with Crippen molar-refractivity contribution in [2.75, 3.05) is 0 Å². The molecule has 0 radical (unpaired) electrons. The minimum atomic E-state index is -0.801. The summed E-state index contributed by atoms with van der Waals surface area (Å²) in [6, 6.07) is 7.36. The minimum absolute atomic E-state index is 0.172. The van der Waals surface area contributed by atoms with Crippen LogP contribution < -0.4 is 0 Å². The Labute approximate surface area is 84.4 Å². The normalized spacial score (nSPS) is 15.8. The summed E-state index contributed by atoms with van der Waals surface area (Å²) in [7, 11) is 0. The predicted octanol–water partition coefficient (Wildman–Crippen LogP) is 3.20. The van der Waals surface area contributed by atoms with Gasteiger partial charge in [0.15, 0.2) is 0 Å². The van der Waals surface area contributed by atoms with Crippen LogP contribution in [-0.2, 0) is 5.60 Å². The molecule has 0 heterocycles. The Kier molecular flexibility index (Phi) is 2.99. The van der Waals surface area contributed by atoms with Gasteiger partial charge in [0.05, 0.1) is 5.60 Å². The van der Waals surface area contributed by atoms with Crippen LogP contribution in [0.5, 0.6) is 0 Å². The lowest BCUT2D eigenvalue weighted by Gasteiger charge is -2.28. The molecule has 1 atom stereocenters. The first kappa shape index (κ1) is 10.6. The van der Waals surface area contributed by atoms with E-state index in [2.05, 4.69) is 0 Å². The highest BCUT2D eigenvalue weighted by atomic mass is 35.5. The van der Waals surface area contributed by atoms with Crippen LogP contribution in [0.4, 0.5) is 0 Å². The number of hydrogen-bond acceptors (Lipinski definition) is 1. The summed E-state index contributed by atoms with van der Waals surface area (Å²) in [6.45, 7) is 5.78. The molecule has 1 aromatic carbocycles. The van der Waals surface area contributed by atoms with Gasteiger partial charge in [0.1, 0.15) is 0 Å². The van der Waals surface area contributed by atoms with Gasteiger partial charge < -0.3 is 5.11 Å². The first-order chi connectivity index (χ1) is 5.94. The Morgan fingerprint density at radius 3 is 2.46 bits per heavy atom. The van der Waals surface area contributed by atoms with Crippen molar-refractivity contribution in [1.82, 2.24) is 0 Å². The zero-order chi connectivity index (χ0) is 10.1. The largest absolute Gasteiger partial charge is 0.385 e. The average Bonchev–Trinajstić information content (AvgIpc) is 2.04. The predicted molar refractivity (Wildman–Crippen MR) is 55.9 cm³/mol. The molecular weight excluding hydrogens is 184 g/mol. The van der Waals surface area contributed by atoms with E-state index in [0.29, 0.717) is 5.02 Å². The summed E-state index contributed by atoms with van der Waals surface area (Å²) >= 11 is 5.84. The molecule has 1 nitrogen and oxygen atoms in total. The van der Waals surface area contributed by atoms with Gasteiger partial charge in [0.25, 0.3) is 0 Å². The number of benzene rings is 1. The second kappa shape index (κ2) is 3.69. The lowest BCUT2D eigenvalue weighted by molar-refractivity contribution is 0.00906. The summed E-state index contributed by atoms with van der Waals surface area (Å²) in [4.78, 5) is 0. The van der Waals surface area contributed by atoms with Gasteiger partial charge >= 0.3 is 0 Å². The van der Waals surface area contributed by atoms with E-state index in [1.165, 1.54) is 0 Å². The fourth-order valence-corrected chi connectivity index (χ4v) is 1.33. The van der Waals surface area contributed by atoms with Crippen molar-refractivity contribution in [3.8, 4) is 0 Å². The molecule has 0 saturated carbocycles. The quantitative estimate of drug-likeness (QED) is 0.774. The van der Waals surface area contributed by atoms with Gasteiger partial charge in [0, 0.05) is 5.02 Å². The molecule has 0 aliphatic rings. The van der Waals surface area contributed by atoms with Gasteiger partial charge in [-0.1, -0.05) is 37.6 Å². The fraction of sp³-hybridized carbons (Fsp3) is 0.455. The Bertz CT molecular complexity index is 292. The Morgan fingerprint density at radius 1 is 1.38 bits per heavy atom. The van der Waals surface area contributed by atoms with Crippen molar-refractivity contribution in [2.45, 2.75) is 26.4 Å². The topological polar surface area (TPSA) is 20.2 Å². The van der Waals surface area contributed by atoms with Crippen molar-refractivity contribution in [3.63, 3.8) is 0 Å². The molecule has 2 heteroatoms. The van der Waals surface area contributed by atoms with Gasteiger partial charge in [-0.3, -0.25) is 0 Å². The number of rotatable bonds is 2. The maximum Gasteiger partial charge on any atom is 0.0891 e. The molecule has 0 aliphatic carbocycles. The molecule has 72 valence electrons. The van der Waals surface area contributed by atoms with Gasteiger partial charge in [-0.15, -0.1) is 0 Å². The standard InChI is InChI=1S/C11H15ClO/c1-8(2)11(3,13)9-5-4-6-10(12)7-9/h4-8,13H,1-3H3. The van der Waals surface area contributed by atoms with E-state index >= 15 is 0 Å². The van der Waals surface area contributed by atoms with Crippen LogP contribution in [0, 0.1) is 5.92 Å². The summed E-state index contributed by atoms with van der Waals surface area (Å²) in [6.07, 6.45) is 0. The molecular formula is C11H15ClO. The summed E-state index contributed by atoms with van der Waals surface area (Å²) < 4.78 is 0. The van der Waals surface area contributed by atoms with Gasteiger partial charge in [-0.05, 0) is 30.5 Å². The lowest BCUT2D eigenvalue weighted by atomic mass is 9.85. The van der Waals surface area contributed by atoms with Crippen molar-refractivity contribution < 1.29 is 5.11 Å². The highest BCUT2D eigenvalue weighted by molar-refractivity contribution is 6.30. The van der Waals surface area contributed by atoms with E-state index in [-0.39, 0.29) is 5.92 Å². The molecule has 0 bridgehead atoms. The monoisotopic (exact) mass is 198 g/mol. The summed E-state index contributed by atoms with van der Waals surface area (Å²) in [5.74, 6) is 0.172. The Morgan fingerprint density at radius 2 is 2.00 bits per heavy atom. The molecule has 0 fully saturated rings.